The fraction of sp³-hybridized carbons (Fsp3) is 0.316. The number of hydrogen-bond acceptors (Lipinski definition) is 3. The smallest absolute Gasteiger partial charge is 0.230 e. The molecule has 3 rings (SSSR count). The highest BCUT2D eigenvalue weighted by Gasteiger charge is 2.31. The number of carbonyl (C=O) groups is 1. The van der Waals surface area contributed by atoms with Gasteiger partial charge in [0.05, 0.1) is 5.41 Å². The van der Waals surface area contributed by atoms with Crippen molar-refractivity contribution >= 4 is 5.91 Å². The third kappa shape index (κ3) is 3.20. The first kappa shape index (κ1) is 16.3. The average molecular weight is 329 g/mol. The summed E-state index contributed by atoms with van der Waals surface area (Å²) in [5.74, 6) is 0.832. The highest BCUT2D eigenvalue weighted by atomic mass is 19.1. The Morgan fingerprint density at radius 1 is 1.12 bits per heavy atom. The van der Waals surface area contributed by atoms with Crippen molar-refractivity contribution in [2.75, 3.05) is 13.2 Å². The molecule has 2 aromatic rings. The van der Waals surface area contributed by atoms with Crippen molar-refractivity contribution in [1.82, 2.24) is 5.32 Å². The van der Waals surface area contributed by atoms with E-state index in [4.69, 9.17) is 9.47 Å². The minimum atomic E-state index is -0.777. The molecule has 1 N–H and O–H groups in total. The molecular weight excluding hydrogens is 309 g/mol. The second-order valence-corrected chi connectivity index (χ2v) is 6.26. The molecule has 0 bridgehead atoms. The van der Waals surface area contributed by atoms with E-state index >= 15 is 0 Å². The lowest BCUT2D eigenvalue weighted by Gasteiger charge is -2.26. The molecule has 0 saturated carbocycles. The van der Waals surface area contributed by atoms with Crippen LogP contribution in [0.1, 0.15) is 25.0 Å². The fourth-order valence-corrected chi connectivity index (χ4v) is 2.60. The number of rotatable bonds is 4. The first-order valence-corrected chi connectivity index (χ1v) is 7.90. The van der Waals surface area contributed by atoms with Gasteiger partial charge in [-0.2, -0.15) is 0 Å². The molecule has 1 heterocycles. The molecule has 0 fully saturated rings. The molecule has 5 heteroatoms. The van der Waals surface area contributed by atoms with E-state index < -0.39 is 5.41 Å². The number of benzene rings is 2. The average Bonchev–Trinajstić information content (AvgIpc) is 2.60. The first-order chi connectivity index (χ1) is 11.5. The maximum absolute atomic E-state index is 13.7. The molecule has 2 aromatic carbocycles. The molecule has 0 saturated heterocycles. The van der Waals surface area contributed by atoms with Crippen LogP contribution in [0.5, 0.6) is 11.5 Å². The van der Waals surface area contributed by atoms with Crippen molar-refractivity contribution < 1.29 is 18.7 Å². The van der Waals surface area contributed by atoms with E-state index in [1.165, 1.54) is 6.07 Å². The second kappa shape index (κ2) is 6.51. The predicted molar refractivity (Wildman–Crippen MR) is 88.7 cm³/mol. The first-order valence-electron chi connectivity index (χ1n) is 7.90. The van der Waals surface area contributed by atoms with Crippen LogP contribution in [0.2, 0.25) is 0 Å². The summed E-state index contributed by atoms with van der Waals surface area (Å²) in [4.78, 5) is 12.6. The number of carbonyl (C=O) groups excluding carboxylic acids is 1. The van der Waals surface area contributed by atoms with Gasteiger partial charge in [-0.25, -0.2) is 4.39 Å². The predicted octanol–water partition coefficient (Wildman–Crippen LogP) is 3.19. The quantitative estimate of drug-likeness (QED) is 0.937. The van der Waals surface area contributed by atoms with Gasteiger partial charge in [0, 0.05) is 12.1 Å². The van der Waals surface area contributed by atoms with Gasteiger partial charge in [-0.3, -0.25) is 4.79 Å². The highest BCUT2D eigenvalue weighted by Crippen LogP contribution is 2.35. The number of hydrogen-bond donors (Lipinski definition) is 1. The van der Waals surface area contributed by atoms with Crippen LogP contribution < -0.4 is 14.8 Å². The Labute approximate surface area is 140 Å². The summed E-state index contributed by atoms with van der Waals surface area (Å²) < 4.78 is 24.7. The van der Waals surface area contributed by atoms with Crippen molar-refractivity contribution in [2.24, 2.45) is 0 Å². The van der Waals surface area contributed by atoms with Crippen LogP contribution in [0.4, 0.5) is 4.39 Å². The maximum atomic E-state index is 13.7. The van der Waals surface area contributed by atoms with Crippen LogP contribution in [0.3, 0.4) is 0 Å². The van der Waals surface area contributed by atoms with E-state index in [1.807, 2.05) is 32.0 Å². The summed E-state index contributed by atoms with van der Waals surface area (Å²) in [6.07, 6.45) is 0. The topological polar surface area (TPSA) is 47.6 Å². The molecular formula is C19H20FNO3. The second-order valence-electron chi connectivity index (χ2n) is 6.26. The number of nitrogens with one attached hydrogen (secondary N) is 1. The third-order valence-corrected chi connectivity index (χ3v) is 4.23. The molecule has 0 aliphatic carbocycles. The van der Waals surface area contributed by atoms with Crippen molar-refractivity contribution in [3.05, 3.63) is 59.4 Å². The van der Waals surface area contributed by atoms with Crippen molar-refractivity contribution in [3.8, 4) is 11.5 Å². The molecule has 0 aromatic heterocycles. The van der Waals surface area contributed by atoms with Crippen LogP contribution in [0, 0.1) is 5.82 Å². The Bertz CT molecular complexity index is 758. The van der Waals surface area contributed by atoms with Crippen LogP contribution >= 0.6 is 0 Å². The van der Waals surface area contributed by atoms with Gasteiger partial charge in [0.2, 0.25) is 5.91 Å². The van der Waals surface area contributed by atoms with E-state index in [0.717, 1.165) is 5.56 Å². The molecule has 0 unspecified atom stereocenters. The molecule has 24 heavy (non-hydrogen) atoms. The fourth-order valence-electron chi connectivity index (χ4n) is 2.60. The zero-order valence-corrected chi connectivity index (χ0v) is 13.8. The molecule has 0 radical (unpaired) electrons. The normalized spacial score (nSPS) is 13.5. The number of fused-ring (bicyclic) bond motifs is 1. The van der Waals surface area contributed by atoms with Gasteiger partial charge in [0.15, 0.2) is 11.5 Å². The highest BCUT2D eigenvalue weighted by molar-refractivity contribution is 5.87. The zero-order chi connectivity index (χ0) is 17.2. The number of ether oxygens (including phenoxy) is 2. The van der Waals surface area contributed by atoms with Gasteiger partial charge in [0.1, 0.15) is 19.0 Å². The van der Waals surface area contributed by atoms with Crippen LogP contribution in [-0.2, 0) is 16.8 Å². The van der Waals surface area contributed by atoms with E-state index in [-0.39, 0.29) is 18.3 Å². The van der Waals surface area contributed by atoms with E-state index in [9.17, 15) is 9.18 Å². The largest absolute Gasteiger partial charge is 0.486 e. The lowest BCUT2D eigenvalue weighted by Crippen LogP contribution is -2.39. The summed E-state index contributed by atoms with van der Waals surface area (Å²) in [6, 6.07) is 11.9. The Morgan fingerprint density at radius 2 is 1.83 bits per heavy atom. The molecule has 1 aliphatic heterocycles. The van der Waals surface area contributed by atoms with Crippen molar-refractivity contribution in [3.63, 3.8) is 0 Å². The van der Waals surface area contributed by atoms with Gasteiger partial charge in [-0.1, -0.05) is 24.3 Å². The Kier molecular flexibility index (Phi) is 4.42. The standard InChI is InChI=1S/C19H20FNO3/c1-19(2,14-7-8-16-17(11-14)24-10-9-23-16)18(22)21-12-13-5-3-4-6-15(13)20/h3-8,11H,9-10,12H2,1-2H3,(H,21,22). The van der Waals surface area contributed by atoms with Gasteiger partial charge in [0.25, 0.3) is 0 Å². The molecule has 126 valence electrons. The van der Waals surface area contributed by atoms with E-state index in [1.54, 1.807) is 18.2 Å². The Balaban J connectivity index is 1.74. The lowest BCUT2D eigenvalue weighted by molar-refractivity contribution is -0.125. The van der Waals surface area contributed by atoms with Gasteiger partial charge in [-0.05, 0) is 37.6 Å². The van der Waals surface area contributed by atoms with Crippen LogP contribution in [-0.4, -0.2) is 19.1 Å². The van der Waals surface area contributed by atoms with Gasteiger partial charge in [-0.15, -0.1) is 0 Å². The Morgan fingerprint density at radius 3 is 2.58 bits per heavy atom. The minimum Gasteiger partial charge on any atom is -0.486 e. The van der Waals surface area contributed by atoms with Crippen LogP contribution in [0.25, 0.3) is 0 Å². The molecule has 1 aliphatic rings. The molecule has 0 atom stereocenters. The number of amides is 1. The third-order valence-electron chi connectivity index (χ3n) is 4.23. The summed E-state index contributed by atoms with van der Waals surface area (Å²) >= 11 is 0. The van der Waals surface area contributed by atoms with E-state index in [0.29, 0.717) is 30.3 Å². The summed E-state index contributed by atoms with van der Waals surface area (Å²) in [5, 5.41) is 2.81. The van der Waals surface area contributed by atoms with E-state index in [2.05, 4.69) is 5.32 Å². The summed E-state index contributed by atoms with van der Waals surface area (Å²) in [6.45, 7) is 4.83. The van der Waals surface area contributed by atoms with Crippen molar-refractivity contribution in [1.29, 1.82) is 0 Å². The minimum absolute atomic E-state index is 0.152. The molecule has 4 nitrogen and oxygen atoms in total. The molecule has 1 amide bonds. The monoisotopic (exact) mass is 329 g/mol. The zero-order valence-electron chi connectivity index (χ0n) is 13.8. The SMILES string of the molecule is CC(C)(C(=O)NCc1ccccc1F)c1ccc2c(c1)OCCO2. The lowest BCUT2D eigenvalue weighted by atomic mass is 9.83. The van der Waals surface area contributed by atoms with Gasteiger partial charge < -0.3 is 14.8 Å². The maximum Gasteiger partial charge on any atom is 0.230 e. The Hall–Kier alpha value is -2.56. The summed E-state index contributed by atoms with van der Waals surface area (Å²) in [7, 11) is 0. The molecule has 0 spiro atoms. The summed E-state index contributed by atoms with van der Waals surface area (Å²) in [5.41, 5.74) is 0.503. The number of halogens is 1. The van der Waals surface area contributed by atoms with Gasteiger partial charge >= 0.3 is 0 Å². The van der Waals surface area contributed by atoms with Crippen molar-refractivity contribution in [2.45, 2.75) is 25.8 Å². The van der Waals surface area contributed by atoms with Crippen LogP contribution in [0.15, 0.2) is 42.5 Å².